The van der Waals surface area contributed by atoms with E-state index in [9.17, 15) is 4.79 Å². The Balaban J connectivity index is 1.52. The number of pyridine rings is 2. The van der Waals surface area contributed by atoms with Crippen LogP contribution in [0.25, 0.3) is 22.1 Å². The topological polar surface area (TPSA) is 73.0 Å². The van der Waals surface area contributed by atoms with Crippen LogP contribution in [-0.2, 0) is 19.4 Å². The molecule has 0 aromatic carbocycles. The zero-order valence-electron chi connectivity index (χ0n) is 22.0. The van der Waals surface area contributed by atoms with Crippen LogP contribution in [0.4, 0.5) is 0 Å². The van der Waals surface area contributed by atoms with Crippen molar-refractivity contribution in [3.05, 3.63) is 64.3 Å². The van der Waals surface area contributed by atoms with Crippen molar-refractivity contribution in [3.63, 3.8) is 0 Å². The zero-order chi connectivity index (χ0) is 25.1. The second-order valence-electron chi connectivity index (χ2n) is 10.4. The fraction of sp³-hybridized carbons (Fsp3) is 0.500. The van der Waals surface area contributed by atoms with Gasteiger partial charge in [-0.1, -0.05) is 0 Å². The van der Waals surface area contributed by atoms with E-state index in [0.717, 1.165) is 54.5 Å². The van der Waals surface area contributed by atoms with Gasteiger partial charge in [0.2, 0.25) is 5.56 Å². The summed E-state index contributed by atoms with van der Waals surface area (Å²) in [6, 6.07) is 8.90. The maximum absolute atomic E-state index is 12.1. The van der Waals surface area contributed by atoms with E-state index in [0.29, 0.717) is 18.1 Å². The van der Waals surface area contributed by atoms with Gasteiger partial charge in [-0.05, 0) is 83.8 Å². The highest BCUT2D eigenvalue weighted by atomic mass is 16.1. The number of hydrogen-bond acceptors (Lipinski definition) is 4. The second kappa shape index (κ2) is 10.8. The smallest absolute Gasteiger partial charge is 0.248 e. The summed E-state index contributed by atoms with van der Waals surface area (Å²) in [5.41, 5.74) is 6.66. The van der Waals surface area contributed by atoms with Crippen LogP contribution < -0.4 is 5.56 Å². The van der Waals surface area contributed by atoms with Crippen LogP contribution in [0.2, 0.25) is 0 Å². The molecule has 7 nitrogen and oxygen atoms in total. The zero-order valence-corrected chi connectivity index (χ0v) is 22.0. The fourth-order valence-electron chi connectivity index (χ4n) is 5.00. The summed E-state index contributed by atoms with van der Waals surface area (Å²) in [5.74, 6) is 0. The summed E-state index contributed by atoms with van der Waals surface area (Å²) in [7, 11) is 2.15. The Morgan fingerprint density at radius 1 is 1.00 bits per heavy atom. The minimum atomic E-state index is -0.0436. The van der Waals surface area contributed by atoms with E-state index in [2.05, 4.69) is 89.4 Å². The van der Waals surface area contributed by atoms with Gasteiger partial charge in [-0.2, -0.15) is 0 Å². The van der Waals surface area contributed by atoms with E-state index < -0.39 is 0 Å². The lowest BCUT2D eigenvalue weighted by Crippen LogP contribution is -2.42. The second-order valence-corrected chi connectivity index (χ2v) is 10.4. The predicted octanol–water partition coefficient (Wildman–Crippen LogP) is 4.43. The van der Waals surface area contributed by atoms with Gasteiger partial charge in [0.1, 0.15) is 0 Å². The highest BCUT2D eigenvalue weighted by Gasteiger charge is 2.20. The summed E-state index contributed by atoms with van der Waals surface area (Å²) in [6.07, 6.45) is 8.06. The number of aromatic amines is 2. The average Bonchev–Trinajstić information content (AvgIpc) is 3.38. The molecule has 4 rings (SSSR count). The van der Waals surface area contributed by atoms with Crippen LogP contribution >= 0.6 is 0 Å². The molecule has 0 fully saturated rings. The van der Waals surface area contributed by atoms with Crippen LogP contribution in [0, 0.1) is 0 Å². The van der Waals surface area contributed by atoms with Gasteiger partial charge < -0.3 is 19.4 Å². The summed E-state index contributed by atoms with van der Waals surface area (Å²) >= 11 is 0. The third kappa shape index (κ3) is 5.68. The van der Waals surface area contributed by atoms with Gasteiger partial charge in [0.15, 0.2) is 0 Å². The van der Waals surface area contributed by atoms with Gasteiger partial charge in [-0.15, -0.1) is 0 Å². The quantitative estimate of drug-likeness (QED) is 0.336. The SMILES string of the molecule is CC(C)N(C)CCc1cn(CC(C)N(CCc2c[nH]c3cccnc23)C(C)C)c2ccc(=O)[nH]c12. The Bertz CT molecular complexity index is 1310. The molecule has 0 amide bonds. The Morgan fingerprint density at radius 2 is 1.77 bits per heavy atom. The predicted molar refractivity (Wildman–Crippen MR) is 145 cm³/mol. The molecule has 2 N–H and O–H groups in total. The molecule has 4 heterocycles. The first-order chi connectivity index (χ1) is 16.7. The normalized spacial score (nSPS) is 13.3. The monoisotopic (exact) mass is 476 g/mol. The van der Waals surface area contributed by atoms with Gasteiger partial charge in [0.25, 0.3) is 0 Å². The molecule has 1 atom stereocenters. The number of likely N-dealkylation sites (N-methyl/N-ethyl adjacent to an activating group) is 1. The summed E-state index contributed by atoms with van der Waals surface area (Å²) in [5, 5.41) is 0. The molecule has 4 aromatic heterocycles. The number of nitrogens with one attached hydrogen (secondary N) is 2. The Kier molecular flexibility index (Phi) is 7.77. The van der Waals surface area contributed by atoms with Crippen molar-refractivity contribution in [2.24, 2.45) is 0 Å². The molecule has 0 radical (unpaired) electrons. The minimum absolute atomic E-state index is 0.0436. The van der Waals surface area contributed by atoms with Crippen LogP contribution in [0.3, 0.4) is 0 Å². The molecular weight excluding hydrogens is 436 g/mol. The number of fused-ring (bicyclic) bond motifs is 2. The highest BCUT2D eigenvalue weighted by molar-refractivity contribution is 5.80. The van der Waals surface area contributed by atoms with Crippen molar-refractivity contribution >= 4 is 22.1 Å². The fourth-order valence-corrected chi connectivity index (χ4v) is 5.00. The van der Waals surface area contributed by atoms with Crippen LogP contribution in [0.5, 0.6) is 0 Å². The summed E-state index contributed by atoms with van der Waals surface area (Å²) < 4.78 is 2.32. The maximum atomic E-state index is 12.1. The van der Waals surface area contributed by atoms with E-state index in [1.165, 1.54) is 11.1 Å². The van der Waals surface area contributed by atoms with Crippen LogP contribution in [-0.4, -0.2) is 67.6 Å². The summed E-state index contributed by atoms with van der Waals surface area (Å²) in [6.45, 7) is 14.0. The van der Waals surface area contributed by atoms with Gasteiger partial charge in [0.05, 0.1) is 22.1 Å². The molecule has 0 aliphatic carbocycles. The van der Waals surface area contributed by atoms with E-state index in [4.69, 9.17) is 0 Å². The van der Waals surface area contributed by atoms with E-state index in [-0.39, 0.29) is 5.56 Å². The first kappa shape index (κ1) is 25.2. The Hall–Kier alpha value is -2.90. The molecule has 0 saturated heterocycles. The molecule has 7 heteroatoms. The Labute approximate surface area is 208 Å². The molecule has 0 spiro atoms. The molecule has 4 aromatic rings. The van der Waals surface area contributed by atoms with Gasteiger partial charge >= 0.3 is 0 Å². The van der Waals surface area contributed by atoms with E-state index in [1.807, 2.05) is 18.3 Å². The minimum Gasteiger partial charge on any atom is -0.360 e. The van der Waals surface area contributed by atoms with E-state index >= 15 is 0 Å². The molecule has 188 valence electrons. The molecular formula is C28H40N6O. The molecule has 0 bridgehead atoms. The largest absolute Gasteiger partial charge is 0.360 e. The number of hydrogen-bond donors (Lipinski definition) is 2. The molecule has 0 aliphatic rings. The molecule has 1 unspecified atom stereocenters. The van der Waals surface area contributed by atoms with Crippen molar-refractivity contribution in [1.82, 2.24) is 29.3 Å². The number of aromatic nitrogens is 4. The third-order valence-electron chi connectivity index (χ3n) is 7.30. The summed E-state index contributed by atoms with van der Waals surface area (Å²) in [4.78, 5) is 28.0. The van der Waals surface area contributed by atoms with Crippen molar-refractivity contribution in [2.45, 2.75) is 72.1 Å². The number of H-pyrrole nitrogens is 2. The van der Waals surface area contributed by atoms with Gasteiger partial charge in [-0.25, -0.2) is 0 Å². The van der Waals surface area contributed by atoms with Crippen molar-refractivity contribution in [1.29, 1.82) is 0 Å². The van der Waals surface area contributed by atoms with Crippen molar-refractivity contribution in [3.8, 4) is 0 Å². The molecule has 0 aliphatic heterocycles. The Morgan fingerprint density at radius 3 is 2.51 bits per heavy atom. The average molecular weight is 477 g/mol. The lowest BCUT2D eigenvalue weighted by Gasteiger charge is -2.33. The lowest BCUT2D eigenvalue weighted by atomic mass is 10.1. The van der Waals surface area contributed by atoms with Crippen LogP contribution in [0.15, 0.2) is 47.7 Å². The third-order valence-corrected chi connectivity index (χ3v) is 7.30. The maximum Gasteiger partial charge on any atom is 0.248 e. The van der Waals surface area contributed by atoms with E-state index in [1.54, 1.807) is 6.07 Å². The van der Waals surface area contributed by atoms with Gasteiger partial charge in [0, 0.05) is 62.4 Å². The number of nitrogens with zero attached hydrogens (tertiary/aromatic N) is 4. The standard InChI is InChI=1S/C28H40N6O/c1-19(2)32(6)14-11-23-18-33(25-9-10-26(35)31-28(23)25)17-21(5)34(20(3)4)15-12-22-16-30-24-8-7-13-29-27(22)24/h7-10,13,16,18-21,30H,11-12,14-15,17H2,1-6H3,(H,31,35). The lowest BCUT2D eigenvalue weighted by molar-refractivity contribution is 0.152. The highest BCUT2D eigenvalue weighted by Crippen LogP contribution is 2.22. The molecule has 0 saturated carbocycles. The van der Waals surface area contributed by atoms with Crippen molar-refractivity contribution in [2.75, 3.05) is 20.1 Å². The van der Waals surface area contributed by atoms with Crippen molar-refractivity contribution < 1.29 is 0 Å². The van der Waals surface area contributed by atoms with Crippen LogP contribution in [0.1, 0.15) is 45.7 Å². The number of rotatable bonds is 11. The molecule has 35 heavy (non-hydrogen) atoms. The first-order valence-electron chi connectivity index (χ1n) is 12.8. The van der Waals surface area contributed by atoms with Gasteiger partial charge in [-0.3, -0.25) is 14.7 Å². The first-order valence-corrected chi connectivity index (χ1v) is 12.8.